The van der Waals surface area contributed by atoms with Crippen LogP contribution in [0.4, 0.5) is 0 Å². The Hall–Kier alpha value is -1.40. The van der Waals surface area contributed by atoms with Gasteiger partial charge in [0.15, 0.2) is 0 Å². The Kier molecular flexibility index (Phi) is 5.56. The first-order valence-electron chi connectivity index (χ1n) is 9.11. The van der Waals surface area contributed by atoms with Crippen molar-refractivity contribution < 1.29 is 14.3 Å². The van der Waals surface area contributed by atoms with Crippen LogP contribution in [0.5, 0.6) is 0 Å². The van der Waals surface area contributed by atoms with Crippen LogP contribution in [0.3, 0.4) is 0 Å². The first-order valence-corrected chi connectivity index (χ1v) is 9.11. The third-order valence-corrected chi connectivity index (χ3v) is 5.68. The second kappa shape index (κ2) is 7.66. The molecule has 1 spiro atoms. The van der Waals surface area contributed by atoms with Crippen LogP contribution in [0.25, 0.3) is 0 Å². The van der Waals surface area contributed by atoms with Crippen molar-refractivity contribution in [3.63, 3.8) is 0 Å². The highest BCUT2D eigenvalue weighted by Crippen LogP contribution is 2.40. The maximum absolute atomic E-state index is 12.5. The van der Waals surface area contributed by atoms with Gasteiger partial charge in [0.2, 0.25) is 11.8 Å². The summed E-state index contributed by atoms with van der Waals surface area (Å²) in [6.45, 7) is 9.13. The van der Waals surface area contributed by atoms with Gasteiger partial charge in [-0.15, -0.1) is 6.58 Å². The van der Waals surface area contributed by atoms with E-state index in [2.05, 4.69) is 11.9 Å². The first kappa shape index (κ1) is 17.4. The molecular weight excluding hydrogens is 306 g/mol. The third-order valence-electron chi connectivity index (χ3n) is 5.68. The Bertz CT molecular complexity index is 480. The van der Waals surface area contributed by atoms with Gasteiger partial charge in [-0.3, -0.25) is 9.59 Å². The molecule has 3 aliphatic heterocycles. The summed E-state index contributed by atoms with van der Waals surface area (Å²) < 4.78 is 5.64. The van der Waals surface area contributed by atoms with Gasteiger partial charge < -0.3 is 19.9 Å². The third kappa shape index (κ3) is 3.98. The normalized spacial score (nSPS) is 27.3. The van der Waals surface area contributed by atoms with Crippen LogP contribution in [-0.4, -0.2) is 73.6 Å². The van der Waals surface area contributed by atoms with E-state index in [1.807, 2.05) is 9.80 Å². The molecule has 0 aliphatic carbocycles. The lowest BCUT2D eigenvalue weighted by molar-refractivity contribution is -0.143. The van der Waals surface area contributed by atoms with Crippen LogP contribution in [0, 0.1) is 5.41 Å². The van der Waals surface area contributed by atoms with Crippen molar-refractivity contribution >= 4 is 11.8 Å². The van der Waals surface area contributed by atoms with E-state index in [-0.39, 0.29) is 23.3 Å². The van der Waals surface area contributed by atoms with E-state index in [9.17, 15) is 9.59 Å². The molecule has 2 amide bonds. The van der Waals surface area contributed by atoms with Crippen molar-refractivity contribution in [1.82, 2.24) is 15.1 Å². The monoisotopic (exact) mass is 335 g/mol. The number of rotatable bonds is 4. The van der Waals surface area contributed by atoms with Crippen LogP contribution in [-0.2, 0) is 14.3 Å². The van der Waals surface area contributed by atoms with Gasteiger partial charge in [-0.1, -0.05) is 6.08 Å². The molecule has 1 N–H and O–H groups in total. The maximum Gasteiger partial charge on any atom is 0.225 e. The van der Waals surface area contributed by atoms with Crippen LogP contribution >= 0.6 is 0 Å². The predicted octanol–water partition coefficient (Wildman–Crippen LogP) is 0.782. The number of morpholine rings is 1. The molecule has 3 rings (SSSR count). The van der Waals surface area contributed by atoms with Gasteiger partial charge in [-0.05, 0) is 24.7 Å². The highest BCUT2D eigenvalue weighted by Gasteiger charge is 2.41. The smallest absolute Gasteiger partial charge is 0.225 e. The summed E-state index contributed by atoms with van der Waals surface area (Å²) in [6, 6.07) is 0. The van der Waals surface area contributed by atoms with Gasteiger partial charge >= 0.3 is 0 Å². The number of nitrogens with zero attached hydrogens (tertiary/aromatic N) is 2. The fourth-order valence-corrected chi connectivity index (χ4v) is 4.14. The van der Waals surface area contributed by atoms with E-state index in [4.69, 9.17) is 4.74 Å². The molecule has 0 aromatic heterocycles. The number of hydrogen-bond acceptors (Lipinski definition) is 4. The Morgan fingerprint density at radius 3 is 2.83 bits per heavy atom. The zero-order chi connectivity index (χ0) is 17.0. The lowest BCUT2D eigenvalue weighted by Crippen LogP contribution is -2.52. The minimum absolute atomic E-state index is 0.0116. The van der Waals surface area contributed by atoms with Gasteiger partial charge in [0.1, 0.15) is 0 Å². The topological polar surface area (TPSA) is 61.9 Å². The van der Waals surface area contributed by atoms with Crippen molar-refractivity contribution in [2.75, 3.05) is 45.9 Å². The van der Waals surface area contributed by atoms with Gasteiger partial charge in [-0.25, -0.2) is 0 Å². The zero-order valence-electron chi connectivity index (χ0n) is 14.5. The molecule has 6 heteroatoms. The molecule has 3 fully saturated rings. The van der Waals surface area contributed by atoms with Crippen molar-refractivity contribution in [3.05, 3.63) is 12.7 Å². The molecular formula is C18H29N3O3. The van der Waals surface area contributed by atoms with Gasteiger partial charge in [-0.2, -0.15) is 0 Å². The molecule has 0 bridgehead atoms. The van der Waals surface area contributed by atoms with Crippen molar-refractivity contribution in [2.45, 2.75) is 38.2 Å². The molecule has 0 aromatic rings. The number of likely N-dealkylation sites (tertiary alicyclic amines) is 2. The van der Waals surface area contributed by atoms with Gasteiger partial charge in [0.05, 0.1) is 19.1 Å². The summed E-state index contributed by atoms with van der Waals surface area (Å²) in [4.78, 5) is 28.4. The van der Waals surface area contributed by atoms with Crippen molar-refractivity contribution in [3.8, 4) is 0 Å². The molecule has 0 saturated carbocycles. The minimum Gasteiger partial charge on any atom is -0.375 e. The molecule has 0 aromatic carbocycles. The van der Waals surface area contributed by atoms with E-state index >= 15 is 0 Å². The Morgan fingerprint density at radius 1 is 1.38 bits per heavy atom. The first-order chi connectivity index (χ1) is 11.6. The van der Waals surface area contributed by atoms with Crippen LogP contribution < -0.4 is 5.32 Å². The number of carbonyl (C=O) groups excluding carboxylic acids is 2. The van der Waals surface area contributed by atoms with Crippen LogP contribution in [0.1, 0.15) is 32.1 Å². The molecule has 0 radical (unpaired) electrons. The van der Waals surface area contributed by atoms with Crippen LogP contribution in [0.15, 0.2) is 12.7 Å². The lowest BCUT2D eigenvalue weighted by atomic mass is 9.72. The van der Waals surface area contributed by atoms with E-state index in [1.165, 1.54) is 0 Å². The molecule has 1 unspecified atom stereocenters. The van der Waals surface area contributed by atoms with E-state index in [0.29, 0.717) is 26.0 Å². The fourth-order valence-electron chi connectivity index (χ4n) is 4.14. The predicted molar refractivity (Wildman–Crippen MR) is 91.5 cm³/mol. The standard InChI is InChI=1S/C18H29N3O3/c1-2-8-21-14-18(4-3-16(21)22)5-9-20(10-6-18)17(23)12-15-13-19-7-11-24-15/h2,15,19H,1,3-14H2. The quantitative estimate of drug-likeness (QED) is 0.772. The lowest BCUT2D eigenvalue weighted by Gasteiger charge is -2.47. The number of ether oxygens (including phenoxy) is 1. The fraction of sp³-hybridized carbons (Fsp3) is 0.778. The highest BCUT2D eigenvalue weighted by atomic mass is 16.5. The molecule has 134 valence electrons. The molecule has 1 atom stereocenters. The summed E-state index contributed by atoms with van der Waals surface area (Å²) in [7, 11) is 0. The van der Waals surface area contributed by atoms with E-state index in [1.54, 1.807) is 6.08 Å². The second-order valence-corrected chi connectivity index (χ2v) is 7.34. The second-order valence-electron chi connectivity index (χ2n) is 7.34. The van der Waals surface area contributed by atoms with Crippen molar-refractivity contribution in [2.24, 2.45) is 5.41 Å². The Labute approximate surface area is 144 Å². The summed E-state index contributed by atoms with van der Waals surface area (Å²) in [5.41, 5.74) is 0.191. The van der Waals surface area contributed by atoms with Crippen LogP contribution in [0.2, 0.25) is 0 Å². The molecule has 24 heavy (non-hydrogen) atoms. The summed E-state index contributed by atoms with van der Waals surface area (Å²) in [5.74, 6) is 0.439. The average molecular weight is 335 g/mol. The SMILES string of the molecule is C=CCN1CC2(CCC1=O)CCN(C(=O)CC1CNCCO1)CC2. The van der Waals surface area contributed by atoms with Gasteiger partial charge in [0.25, 0.3) is 0 Å². The van der Waals surface area contributed by atoms with Gasteiger partial charge in [0, 0.05) is 45.7 Å². The zero-order valence-corrected chi connectivity index (χ0v) is 14.5. The summed E-state index contributed by atoms with van der Waals surface area (Å²) in [6.07, 6.45) is 5.85. The molecule has 3 heterocycles. The molecule has 3 aliphatic rings. The Morgan fingerprint density at radius 2 is 2.17 bits per heavy atom. The number of hydrogen-bond donors (Lipinski definition) is 1. The Balaban J connectivity index is 1.50. The van der Waals surface area contributed by atoms with E-state index < -0.39 is 0 Å². The summed E-state index contributed by atoms with van der Waals surface area (Å²) in [5, 5.41) is 3.27. The largest absolute Gasteiger partial charge is 0.375 e. The van der Waals surface area contributed by atoms with Crippen molar-refractivity contribution in [1.29, 1.82) is 0 Å². The number of nitrogens with one attached hydrogen (secondary N) is 1. The number of amides is 2. The molecule has 3 saturated heterocycles. The van der Waals surface area contributed by atoms with E-state index in [0.717, 1.165) is 52.0 Å². The number of carbonyl (C=O) groups is 2. The highest BCUT2D eigenvalue weighted by molar-refractivity contribution is 5.78. The summed E-state index contributed by atoms with van der Waals surface area (Å²) >= 11 is 0. The molecule has 6 nitrogen and oxygen atoms in total. The maximum atomic E-state index is 12.5. The average Bonchev–Trinajstić information content (AvgIpc) is 2.60. The minimum atomic E-state index is 0.0116. The number of piperidine rings is 2.